The highest BCUT2D eigenvalue weighted by molar-refractivity contribution is 5.11. The molecule has 1 rings (SSSR count). The largest absolute Gasteiger partial charge is 0.448 e. The summed E-state index contributed by atoms with van der Waals surface area (Å²) in [6, 6.07) is 0. The van der Waals surface area contributed by atoms with Crippen LogP contribution in [-0.2, 0) is 6.42 Å². The summed E-state index contributed by atoms with van der Waals surface area (Å²) >= 11 is 0. The molecule has 1 heterocycles. The Morgan fingerprint density at radius 1 is 1.64 bits per heavy atom. The van der Waals surface area contributed by atoms with Gasteiger partial charge < -0.3 is 10.2 Å². The number of hydrogen-bond donors (Lipinski definition) is 1. The third-order valence-electron chi connectivity index (χ3n) is 1.58. The van der Waals surface area contributed by atoms with Crippen molar-refractivity contribution in [2.75, 3.05) is 6.54 Å². The second-order valence-electron chi connectivity index (χ2n) is 2.86. The van der Waals surface area contributed by atoms with Gasteiger partial charge in [0.25, 0.3) is 0 Å². The van der Waals surface area contributed by atoms with Crippen molar-refractivity contribution in [2.24, 2.45) is 5.73 Å². The maximum absolute atomic E-state index is 5.41. The van der Waals surface area contributed by atoms with Crippen molar-refractivity contribution in [3.63, 3.8) is 0 Å². The third kappa shape index (κ3) is 1.80. The van der Waals surface area contributed by atoms with Crippen LogP contribution in [0.15, 0.2) is 10.8 Å². The fraction of sp³-hybridized carbons (Fsp3) is 0.625. The molecule has 1 aromatic rings. The van der Waals surface area contributed by atoms with Crippen molar-refractivity contribution < 1.29 is 4.42 Å². The maximum Gasteiger partial charge on any atom is 0.181 e. The second kappa shape index (κ2) is 3.53. The highest BCUT2D eigenvalue weighted by Crippen LogP contribution is 2.17. The molecule has 0 bridgehead atoms. The van der Waals surface area contributed by atoms with Crippen LogP contribution in [0.2, 0.25) is 0 Å². The number of aromatic nitrogens is 1. The molecular weight excluding hydrogens is 140 g/mol. The zero-order valence-corrected chi connectivity index (χ0v) is 7.00. The Kier molecular flexibility index (Phi) is 2.65. The fourth-order valence-electron chi connectivity index (χ4n) is 1.07. The van der Waals surface area contributed by atoms with Crippen LogP contribution in [0.5, 0.6) is 0 Å². The molecule has 0 saturated heterocycles. The maximum atomic E-state index is 5.41. The van der Waals surface area contributed by atoms with Crippen LogP contribution in [0.1, 0.15) is 31.2 Å². The molecule has 2 N–H and O–H groups in total. The van der Waals surface area contributed by atoms with E-state index in [1.165, 1.54) is 6.39 Å². The van der Waals surface area contributed by atoms with E-state index in [2.05, 4.69) is 18.8 Å². The molecule has 0 saturated carbocycles. The summed E-state index contributed by atoms with van der Waals surface area (Å²) in [6.07, 6.45) is 2.30. The summed E-state index contributed by atoms with van der Waals surface area (Å²) in [4.78, 5) is 4.08. The van der Waals surface area contributed by atoms with E-state index >= 15 is 0 Å². The molecule has 0 amide bonds. The fourth-order valence-corrected chi connectivity index (χ4v) is 1.07. The average molecular weight is 154 g/mol. The SMILES string of the molecule is CC(C)c1ocnc1CCN. The highest BCUT2D eigenvalue weighted by Gasteiger charge is 2.10. The van der Waals surface area contributed by atoms with Crippen molar-refractivity contribution in [1.29, 1.82) is 0 Å². The van der Waals surface area contributed by atoms with Gasteiger partial charge in [-0.05, 0) is 6.54 Å². The van der Waals surface area contributed by atoms with Gasteiger partial charge in [0.05, 0.1) is 5.69 Å². The summed E-state index contributed by atoms with van der Waals surface area (Å²) < 4.78 is 5.21. The second-order valence-corrected chi connectivity index (χ2v) is 2.86. The molecule has 3 heteroatoms. The Bertz CT molecular complexity index is 218. The predicted molar refractivity (Wildman–Crippen MR) is 43.4 cm³/mol. The summed E-state index contributed by atoms with van der Waals surface area (Å²) in [5, 5.41) is 0. The molecule has 0 aromatic carbocycles. The van der Waals surface area contributed by atoms with Crippen molar-refractivity contribution >= 4 is 0 Å². The minimum absolute atomic E-state index is 0.402. The van der Waals surface area contributed by atoms with E-state index in [4.69, 9.17) is 10.2 Å². The number of hydrogen-bond acceptors (Lipinski definition) is 3. The monoisotopic (exact) mass is 154 g/mol. The number of rotatable bonds is 3. The minimum Gasteiger partial charge on any atom is -0.448 e. The van der Waals surface area contributed by atoms with Gasteiger partial charge in [-0.15, -0.1) is 0 Å². The quantitative estimate of drug-likeness (QED) is 0.714. The molecule has 62 valence electrons. The van der Waals surface area contributed by atoms with Crippen molar-refractivity contribution in [3.8, 4) is 0 Å². The topological polar surface area (TPSA) is 52.0 Å². The van der Waals surface area contributed by atoms with Crippen LogP contribution in [0.25, 0.3) is 0 Å². The lowest BCUT2D eigenvalue weighted by Crippen LogP contribution is -2.05. The zero-order chi connectivity index (χ0) is 8.27. The van der Waals surface area contributed by atoms with Crippen LogP contribution in [0.4, 0.5) is 0 Å². The van der Waals surface area contributed by atoms with Gasteiger partial charge in [-0.2, -0.15) is 0 Å². The van der Waals surface area contributed by atoms with Gasteiger partial charge in [-0.3, -0.25) is 0 Å². The lowest BCUT2D eigenvalue weighted by Gasteiger charge is -2.01. The molecule has 0 fully saturated rings. The first-order valence-corrected chi connectivity index (χ1v) is 3.88. The van der Waals surface area contributed by atoms with E-state index in [0.717, 1.165) is 17.9 Å². The summed E-state index contributed by atoms with van der Waals surface area (Å²) in [6.45, 7) is 4.80. The van der Waals surface area contributed by atoms with Crippen molar-refractivity contribution in [2.45, 2.75) is 26.2 Å². The molecule has 0 aliphatic carbocycles. The average Bonchev–Trinajstić information content (AvgIpc) is 2.36. The molecular formula is C8H14N2O. The van der Waals surface area contributed by atoms with E-state index in [0.29, 0.717) is 12.5 Å². The molecule has 1 aromatic heterocycles. The first-order valence-electron chi connectivity index (χ1n) is 3.88. The highest BCUT2D eigenvalue weighted by atomic mass is 16.3. The molecule has 0 unspecified atom stereocenters. The Hall–Kier alpha value is -0.830. The van der Waals surface area contributed by atoms with E-state index in [1.807, 2.05) is 0 Å². The molecule has 0 aliphatic rings. The predicted octanol–water partition coefficient (Wildman–Crippen LogP) is 1.30. The third-order valence-corrected chi connectivity index (χ3v) is 1.58. The normalized spacial score (nSPS) is 10.9. The number of nitrogens with zero attached hydrogens (tertiary/aromatic N) is 1. The minimum atomic E-state index is 0.402. The Morgan fingerprint density at radius 2 is 2.36 bits per heavy atom. The van der Waals surface area contributed by atoms with Crippen molar-refractivity contribution in [1.82, 2.24) is 4.98 Å². The van der Waals surface area contributed by atoms with Crippen LogP contribution >= 0.6 is 0 Å². The number of oxazole rings is 1. The van der Waals surface area contributed by atoms with Crippen LogP contribution in [0.3, 0.4) is 0 Å². The van der Waals surface area contributed by atoms with Gasteiger partial charge in [-0.1, -0.05) is 13.8 Å². The van der Waals surface area contributed by atoms with Gasteiger partial charge in [0.15, 0.2) is 6.39 Å². The standard InChI is InChI=1S/C8H14N2O/c1-6(2)8-7(3-4-9)10-5-11-8/h5-6H,3-4,9H2,1-2H3. The lowest BCUT2D eigenvalue weighted by atomic mass is 10.1. The molecule has 11 heavy (non-hydrogen) atoms. The van der Waals surface area contributed by atoms with Gasteiger partial charge in [0, 0.05) is 12.3 Å². The summed E-state index contributed by atoms with van der Waals surface area (Å²) in [5.41, 5.74) is 6.41. The molecule has 0 radical (unpaired) electrons. The summed E-state index contributed by atoms with van der Waals surface area (Å²) in [5.74, 6) is 1.37. The lowest BCUT2D eigenvalue weighted by molar-refractivity contribution is 0.478. The number of nitrogens with two attached hydrogens (primary N) is 1. The Labute approximate surface area is 66.6 Å². The van der Waals surface area contributed by atoms with E-state index < -0.39 is 0 Å². The zero-order valence-electron chi connectivity index (χ0n) is 7.00. The van der Waals surface area contributed by atoms with E-state index in [-0.39, 0.29) is 0 Å². The van der Waals surface area contributed by atoms with Gasteiger partial charge >= 0.3 is 0 Å². The van der Waals surface area contributed by atoms with Crippen LogP contribution in [-0.4, -0.2) is 11.5 Å². The molecule has 0 atom stereocenters. The van der Waals surface area contributed by atoms with E-state index in [1.54, 1.807) is 0 Å². The Balaban J connectivity index is 2.78. The molecule has 0 spiro atoms. The van der Waals surface area contributed by atoms with E-state index in [9.17, 15) is 0 Å². The first kappa shape index (κ1) is 8.27. The first-order chi connectivity index (χ1) is 5.25. The van der Waals surface area contributed by atoms with Gasteiger partial charge in [-0.25, -0.2) is 4.98 Å². The molecule has 0 aliphatic heterocycles. The van der Waals surface area contributed by atoms with Gasteiger partial charge in [0.1, 0.15) is 5.76 Å². The summed E-state index contributed by atoms with van der Waals surface area (Å²) in [7, 11) is 0. The van der Waals surface area contributed by atoms with Crippen molar-refractivity contribution in [3.05, 3.63) is 17.8 Å². The Morgan fingerprint density at radius 3 is 2.91 bits per heavy atom. The van der Waals surface area contributed by atoms with Crippen LogP contribution in [0, 0.1) is 0 Å². The smallest absolute Gasteiger partial charge is 0.181 e. The molecule has 3 nitrogen and oxygen atoms in total. The van der Waals surface area contributed by atoms with Gasteiger partial charge in [0.2, 0.25) is 0 Å². The van der Waals surface area contributed by atoms with Crippen LogP contribution < -0.4 is 5.73 Å².